The van der Waals surface area contributed by atoms with E-state index >= 15 is 0 Å². The molecule has 0 saturated heterocycles. The molecule has 3 nitrogen and oxygen atoms in total. The second kappa shape index (κ2) is 5.53. The fourth-order valence-electron chi connectivity index (χ4n) is 2.21. The standard InChI is InChI=1S/C17H14N2O/c20-17(11-13-5-2-1-3-6-13)19-16-8-4-7-14-12-18-10-9-15(14)16/h1-10,12H,11H2,(H,19,20). The topological polar surface area (TPSA) is 42.0 Å². The highest BCUT2D eigenvalue weighted by Gasteiger charge is 2.06. The van der Waals surface area contributed by atoms with Crippen LogP contribution in [0.25, 0.3) is 10.8 Å². The summed E-state index contributed by atoms with van der Waals surface area (Å²) in [5.74, 6) is -0.0134. The van der Waals surface area contributed by atoms with Gasteiger partial charge in [-0.05, 0) is 17.7 Å². The van der Waals surface area contributed by atoms with Crippen LogP contribution in [0.5, 0.6) is 0 Å². The van der Waals surface area contributed by atoms with Crippen LogP contribution in [0, 0.1) is 0 Å². The Morgan fingerprint density at radius 1 is 1.00 bits per heavy atom. The van der Waals surface area contributed by atoms with Gasteiger partial charge < -0.3 is 5.32 Å². The van der Waals surface area contributed by atoms with E-state index in [1.807, 2.05) is 54.6 Å². The molecule has 3 rings (SSSR count). The summed E-state index contributed by atoms with van der Waals surface area (Å²) in [5.41, 5.74) is 1.83. The number of amides is 1. The fourth-order valence-corrected chi connectivity index (χ4v) is 2.21. The lowest BCUT2D eigenvalue weighted by atomic mass is 10.1. The number of nitrogens with zero attached hydrogens (tertiary/aromatic N) is 1. The molecule has 1 amide bonds. The first kappa shape index (κ1) is 12.4. The van der Waals surface area contributed by atoms with Gasteiger partial charge in [-0.1, -0.05) is 42.5 Å². The number of hydrogen-bond acceptors (Lipinski definition) is 2. The molecule has 0 saturated carbocycles. The average Bonchev–Trinajstić information content (AvgIpc) is 2.48. The quantitative estimate of drug-likeness (QED) is 0.786. The van der Waals surface area contributed by atoms with E-state index in [4.69, 9.17) is 0 Å². The van der Waals surface area contributed by atoms with Crippen LogP contribution < -0.4 is 5.32 Å². The number of anilines is 1. The van der Waals surface area contributed by atoms with Gasteiger partial charge >= 0.3 is 0 Å². The van der Waals surface area contributed by atoms with Crippen LogP contribution in [0.3, 0.4) is 0 Å². The van der Waals surface area contributed by atoms with Crippen molar-refractivity contribution in [2.24, 2.45) is 0 Å². The summed E-state index contributed by atoms with van der Waals surface area (Å²) in [5, 5.41) is 4.99. The van der Waals surface area contributed by atoms with Crippen LogP contribution in [-0.4, -0.2) is 10.9 Å². The van der Waals surface area contributed by atoms with Crippen molar-refractivity contribution in [1.29, 1.82) is 0 Å². The number of pyridine rings is 1. The molecule has 1 aromatic heterocycles. The maximum Gasteiger partial charge on any atom is 0.228 e. The summed E-state index contributed by atoms with van der Waals surface area (Å²) in [6.45, 7) is 0. The number of fused-ring (bicyclic) bond motifs is 1. The highest BCUT2D eigenvalue weighted by atomic mass is 16.1. The highest BCUT2D eigenvalue weighted by molar-refractivity contribution is 6.02. The summed E-state index contributed by atoms with van der Waals surface area (Å²) < 4.78 is 0. The third-order valence-corrected chi connectivity index (χ3v) is 3.16. The zero-order chi connectivity index (χ0) is 13.8. The third kappa shape index (κ3) is 2.67. The Morgan fingerprint density at radius 3 is 2.70 bits per heavy atom. The zero-order valence-electron chi connectivity index (χ0n) is 10.9. The van der Waals surface area contributed by atoms with Crippen LogP contribution in [0.15, 0.2) is 67.0 Å². The fraction of sp³-hybridized carbons (Fsp3) is 0.0588. The second-order valence-corrected chi connectivity index (χ2v) is 4.61. The van der Waals surface area contributed by atoms with Crippen molar-refractivity contribution in [2.75, 3.05) is 5.32 Å². The Bertz CT molecular complexity index is 733. The van der Waals surface area contributed by atoms with Gasteiger partial charge in [0.15, 0.2) is 0 Å². The molecule has 98 valence electrons. The molecule has 0 unspecified atom stereocenters. The minimum absolute atomic E-state index is 0.0134. The minimum atomic E-state index is -0.0134. The third-order valence-electron chi connectivity index (χ3n) is 3.16. The SMILES string of the molecule is O=C(Cc1ccccc1)Nc1cccc2cnccc12. The van der Waals surface area contributed by atoms with Crippen molar-refractivity contribution in [3.63, 3.8) is 0 Å². The van der Waals surface area contributed by atoms with Crippen molar-refractivity contribution in [3.05, 3.63) is 72.6 Å². The molecule has 20 heavy (non-hydrogen) atoms. The van der Waals surface area contributed by atoms with Crippen molar-refractivity contribution in [3.8, 4) is 0 Å². The number of benzene rings is 2. The van der Waals surface area contributed by atoms with Gasteiger partial charge in [0.2, 0.25) is 5.91 Å². The maximum atomic E-state index is 12.1. The molecule has 2 aromatic carbocycles. The number of aromatic nitrogens is 1. The number of carbonyl (C=O) groups is 1. The van der Waals surface area contributed by atoms with Crippen LogP contribution in [0.2, 0.25) is 0 Å². The van der Waals surface area contributed by atoms with Crippen LogP contribution >= 0.6 is 0 Å². The second-order valence-electron chi connectivity index (χ2n) is 4.61. The van der Waals surface area contributed by atoms with Gasteiger partial charge in [-0.25, -0.2) is 0 Å². The molecule has 3 aromatic rings. The number of nitrogens with one attached hydrogen (secondary N) is 1. The first-order chi connectivity index (χ1) is 9.83. The molecule has 0 radical (unpaired) electrons. The van der Waals surface area contributed by atoms with Crippen molar-refractivity contribution < 1.29 is 4.79 Å². The van der Waals surface area contributed by atoms with Gasteiger partial charge in [0.25, 0.3) is 0 Å². The molecule has 0 bridgehead atoms. The molecule has 0 spiro atoms. The summed E-state index contributed by atoms with van der Waals surface area (Å²) >= 11 is 0. The summed E-state index contributed by atoms with van der Waals surface area (Å²) in [7, 11) is 0. The number of rotatable bonds is 3. The smallest absolute Gasteiger partial charge is 0.228 e. The lowest BCUT2D eigenvalue weighted by Gasteiger charge is -2.08. The van der Waals surface area contributed by atoms with Gasteiger partial charge in [-0.15, -0.1) is 0 Å². The average molecular weight is 262 g/mol. The van der Waals surface area contributed by atoms with Gasteiger partial charge in [0.1, 0.15) is 0 Å². The zero-order valence-corrected chi connectivity index (χ0v) is 10.9. The molecule has 0 aliphatic carbocycles. The molecular formula is C17H14N2O. The van der Waals surface area contributed by atoms with Crippen LogP contribution in [-0.2, 0) is 11.2 Å². The molecule has 1 heterocycles. The van der Waals surface area contributed by atoms with Crippen LogP contribution in [0.4, 0.5) is 5.69 Å². The largest absolute Gasteiger partial charge is 0.325 e. The molecule has 0 aliphatic rings. The highest BCUT2D eigenvalue weighted by Crippen LogP contribution is 2.22. The molecule has 3 heteroatoms. The summed E-state index contributed by atoms with van der Waals surface area (Å²) in [4.78, 5) is 16.2. The predicted octanol–water partition coefficient (Wildman–Crippen LogP) is 3.42. The Balaban J connectivity index is 1.81. The van der Waals surface area contributed by atoms with E-state index in [0.29, 0.717) is 6.42 Å². The first-order valence-electron chi connectivity index (χ1n) is 6.49. The molecule has 0 atom stereocenters. The van der Waals surface area contributed by atoms with E-state index < -0.39 is 0 Å². The number of hydrogen-bond donors (Lipinski definition) is 1. The predicted molar refractivity (Wildman–Crippen MR) is 80.5 cm³/mol. The lowest BCUT2D eigenvalue weighted by Crippen LogP contribution is -2.14. The molecular weight excluding hydrogens is 248 g/mol. The molecule has 0 fully saturated rings. The Labute approximate surface area is 117 Å². The normalized spacial score (nSPS) is 10.4. The number of carbonyl (C=O) groups excluding carboxylic acids is 1. The first-order valence-corrected chi connectivity index (χ1v) is 6.49. The Kier molecular flexibility index (Phi) is 3.42. The van der Waals surface area contributed by atoms with Gasteiger partial charge in [0.05, 0.1) is 6.42 Å². The van der Waals surface area contributed by atoms with Crippen molar-refractivity contribution in [1.82, 2.24) is 4.98 Å². The Morgan fingerprint density at radius 2 is 1.85 bits per heavy atom. The summed E-state index contributed by atoms with van der Waals surface area (Å²) in [6, 6.07) is 17.4. The van der Waals surface area contributed by atoms with Gasteiger partial charge in [-0.2, -0.15) is 0 Å². The molecule has 0 aliphatic heterocycles. The Hall–Kier alpha value is -2.68. The monoisotopic (exact) mass is 262 g/mol. The minimum Gasteiger partial charge on any atom is -0.325 e. The van der Waals surface area contributed by atoms with Crippen molar-refractivity contribution >= 4 is 22.4 Å². The van der Waals surface area contributed by atoms with E-state index in [9.17, 15) is 4.79 Å². The molecule has 1 N–H and O–H groups in total. The van der Waals surface area contributed by atoms with Gasteiger partial charge in [-0.3, -0.25) is 9.78 Å². The van der Waals surface area contributed by atoms with Crippen LogP contribution in [0.1, 0.15) is 5.56 Å². The van der Waals surface area contributed by atoms with E-state index in [1.54, 1.807) is 12.4 Å². The van der Waals surface area contributed by atoms with E-state index in [1.165, 1.54) is 0 Å². The van der Waals surface area contributed by atoms with E-state index in [-0.39, 0.29) is 5.91 Å². The van der Waals surface area contributed by atoms with Gasteiger partial charge in [0, 0.05) is 28.9 Å². The van der Waals surface area contributed by atoms with E-state index in [2.05, 4.69) is 10.3 Å². The summed E-state index contributed by atoms with van der Waals surface area (Å²) in [6.07, 6.45) is 3.90. The lowest BCUT2D eigenvalue weighted by molar-refractivity contribution is -0.115. The van der Waals surface area contributed by atoms with E-state index in [0.717, 1.165) is 22.0 Å². The maximum absolute atomic E-state index is 12.1. The van der Waals surface area contributed by atoms with Crippen molar-refractivity contribution in [2.45, 2.75) is 6.42 Å².